The number of aldehydes is 1. The normalized spacial score (nSPS) is 17.9. The molecule has 0 unspecified atom stereocenters. The lowest BCUT2D eigenvalue weighted by molar-refractivity contribution is -0.114. The van der Waals surface area contributed by atoms with Crippen LogP contribution in [0.3, 0.4) is 0 Å². The summed E-state index contributed by atoms with van der Waals surface area (Å²) in [5.41, 5.74) is 1.50. The second kappa shape index (κ2) is 3.29. The second-order valence-corrected chi connectivity index (χ2v) is 4.28. The molecule has 0 aliphatic heterocycles. The molecule has 1 aliphatic rings. The molecule has 0 saturated carbocycles. The van der Waals surface area contributed by atoms with Gasteiger partial charge in [0, 0.05) is 12.0 Å². The first-order valence-corrected chi connectivity index (χ1v) is 4.35. The molecule has 0 N–H and O–H groups in total. The van der Waals surface area contributed by atoms with Crippen molar-refractivity contribution in [2.75, 3.05) is 0 Å². The monoisotopic (exact) mass is 178 g/mol. The molecule has 0 aromatic rings. The molecular weight excluding hydrogens is 164 g/mol. The van der Waals surface area contributed by atoms with Crippen LogP contribution < -0.4 is 0 Å². The molecule has 0 aromatic heterocycles. The van der Waals surface area contributed by atoms with Gasteiger partial charge in [-0.1, -0.05) is 20.8 Å². The summed E-state index contributed by atoms with van der Waals surface area (Å²) in [6.45, 7) is 6.04. The maximum Gasteiger partial charge on any atom is 0.159 e. The van der Waals surface area contributed by atoms with Crippen molar-refractivity contribution in [2.45, 2.75) is 27.2 Å². The highest BCUT2D eigenvalue weighted by atomic mass is 16.1. The molecule has 0 heterocycles. The van der Waals surface area contributed by atoms with Crippen LogP contribution in [0.5, 0.6) is 0 Å². The predicted octanol–water partition coefficient (Wildman–Crippen LogP) is 2.06. The van der Waals surface area contributed by atoms with Gasteiger partial charge >= 0.3 is 0 Å². The number of carbonyl (C=O) groups excluding carboxylic acids is 2. The van der Waals surface area contributed by atoms with Crippen molar-refractivity contribution in [1.29, 1.82) is 0 Å². The molecule has 70 valence electrons. The predicted molar refractivity (Wildman–Crippen MR) is 51.3 cm³/mol. The Bertz CT molecular complexity index is 301. The zero-order chi connectivity index (χ0) is 10.1. The van der Waals surface area contributed by atoms with Crippen molar-refractivity contribution in [3.05, 3.63) is 23.3 Å². The van der Waals surface area contributed by atoms with E-state index in [-0.39, 0.29) is 11.2 Å². The fraction of sp³-hybridized carbons (Fsp3) is 0.455. The Morgan fingerprint density at radius 1 is 1.31 bits per heavy atom. The molecule has 0 radical (unpaired) electrons. The Morgan fingerprint density at radius 2 is 1.92 bits per heavy atom. The molecule has 0 bridgehead atoms. The minimum atomic E-state index is -0.101. The van der Waals surface area contributed by atoms with E-state index in [0.717, 1.165) is 11.9 Å². The summed E-state index contributed by atoms with van der Waals surface area (Å²) in [5, 5.41) is 0. The van der Waals surface area contributed by atoms with Gasteiger partial charge in [0.1, 0.15) is 6.29 Å². The van der Waals surface area contributed by atoms with Gasteiger partial charge in [-0.05, 0) is 23.1 Å². The molecule has 1 rings (SSSR count). The van der Waals surface area contributed by atoms with Crippen LogP contribution in [0, 0.1) is 5.41 Å². The molecule has 0 atom stereocenters. The van der Waals surface area contributed by atoms with E-state index in [2.05, 4.69) is 0 Å². The van der Waals surface area contributed by atoms with Gasteiger partial charge < -0.3 is 0 Å². The van der Waals surface area contributed by atoms with Crippen molar-refractivity contribution >= 4 is 12.1 Å². The topological polar surface area (TPSA) is 34.1 Å². The van der Waals surface area contributed by atoms with Crippen molar-refractivity contribution < 1.29 is 9.59 Å². The maximum absolute atomic E-state index is 11.1. The Kier molecular flexibility index (Phi) is 2.50. The van der Waals surface area contributed by atoms with Crippen molar-refractivity contribution in [1.82, 2.24) is 0 Å². The molecule has 0 aromatic carbocycles. The largest absolute Gasteiger partial charge is 0.298 e. The smallest absolute Gasteiger partial charge is 0.159 e. The lowest BCUT2D eigenvalue weighted by Crippen LogP contribution is -2.17. The molecular formula is C11H14O2. The van der Waals surface area contributed by atoms with Crippen molar-refractivity contribution in [3.8, 4) is 0 Å². The van der Waals surface area contributed by atoms with Gasteiger partial charge in [0.05, 0.1) is 0 Å². The van der Waals surface area contributed by atoms with Gasteiger partial charge in [-0.25, -0.2) is 0 Å². The van der Waals surface area contributed by atoms with Crippen LogP contribution in [0.25, 0.3) is 0 Å². The Hall–Kier alpha value is -1.18. The summed E-state index contributed by atoms with van der Waals surface area (Å²) < 4.78 is 0. The summed E-state index contributed by atoms with van der Waals surface area (Å²) >= 11 is 0. The van der Waals surface area contributed by atoms with Crippen LogP contribution in [0.1, 0.15) is 27.2 Å². The molecule has 1 aliphatic carbocycles. The number of ketones is 1. The van der Waals surface area contributed by atoms with Gasteiger partial charge in [0.15, 0.2) is 5.78 Å². The van der Waals surface area contributed by atoms with E-state index in [9.17, 15) is 9.59 Å². The van der Waals surface area contributed by atoms with Crippen molar-refractivity contribution in [3.63, 3.8) is 0 Å². The van der Waals surface area contributed by atoms with Gasteiger partial charge in [-0.3, -0.25) is 9.59 Å². The van der Waals surface area contributed by atoms with E-state index in [0.29, 0.717) is 12.0 Å². The zero-order valence-electron chi connectivity index (χ0n) is 8.26. The number of rotatable bonds is 1. The highest BCUT2D eigenvalue weighted by Crippen LogP contribution is 2.32. The van der Waals surface area contributed by atoms with Gasteiger partial charge in [-0.15, -0.1) is 0 Å². The van der Waals surface area contributed by atoms with E-state index >= 15 is 0 Å². The Morgan fingerprint density at radius 3 is 2.38 bits per heavy atom. The fourth-order valence-corrected chi connectivity index (χ4v) is 1.43. The number of hydrogen-bond acceptors (Lipinski definition) is 2. The number of carbonyl (C=O) groups is 2. The van der Waals surface area contributed by atoms with Crippen LogP contribution >= 0.6 is 0 Å². The Labute approximate surface area is 78.3 Å². The maximum atomic E-state index is 11.1. The molecule has 2 nitrogen and oxygen atoms in total. The summed E-state index contributed by atoms with van der Waals surface area (Å²) in [6, 6.07) is 0. The minimum absolute atomic E-state index is 0.0792. The van der Waals surface area contributed by atoms with E-state index in [1.54, 1.807) is 6.08 Å². The summed E-state index contributed by atoms with van der Waals surface area (Å²) in [5.74, 6) is 0.0792. The Balaban J connectivity index is 3.13. The van der Waals surface area contributed by atoms with Crippen LogP contribution in [-0.4, -0.2) is 12.1 Å². The standard InChI is InChI=1S/C11H14O2/c1-11(2,3)10-6-9(13)5-4-8(10)7-12/h4-5,7H,6H2,1-3H3. The first-order chi connectivity index (χ1) is 5.95. The van der Waals surface area contributed by atoms with E-state index in [1.165, 1.54) is 6.08 Å². The van der Waals surface area contributed by atoms with Crippen molar-refractivity contribution in [2.24, 2.45) is 5.41 Å². The summed E-state index contributed by atoms with van der Waals surface area (Å²) in [6.07, 6.45) is 4.29. The minimum Gasteiger partial charge on any atom is -0.298 e. The van der Waals surface area contributed by atoms with Gasteiger partial charge in [0.25, 0.3) is 0 Å². The van der Waals surface area contributed by atoms with Crippen LogP contribution in [0.15, 0.2) is 23.3 Å². The lowest BCUT2D eigenvalue weighted by Gasteiger charge is -2.25. The molecule has 0 amide bonds. The second-order valence-electron chi connectivity index (χ2n) is 4.28. The fourth-order valence-electron chi connectivity index (χ4n) is 1.43. The lowest BCUT2D eigenvalue weighted by atomic mass is 9.79. The molecule has 0 spiro atoms. The molecule has 13 heavy (non-hydrogen) atoms. The van der Waals surface area contributed by atoms with Gasteiger partial charge in [0.2, 0.25) is 0 Å². The highest BCUT2D eigenvalue weighted by molar-refractivity contribution is 5.97. The van der Waals surface area contributed by atoms with E-state index in [1.807, 2.05) is 20.8 Å². The average Bonchev–Trinajstić information content (AvgIpc) is 2.03. The van der Waals surface area contributed by atoms with Crippen LogP contribution in [0.2, 0.25) is 0 Å². The molecule has 0 fully saturated rings. The number of hydrogen-bond donors (Lipinski definition) is 0. The average molecular weight is 178 g/mol. The third kappa shape index (κ3) is 2.14. The summed E-state index contributed by atoms with van der Waals surface area (Å²) in [7, 11) is 0. The quantitative estimate of drug-likeness (QED) is 0.576. The summed E-state index contributed by atoms with van der Waals surface area (Å²) in [4.78, 5) is 21.8. The number of allylic oxidation sites excluding steroid dienone is 4. The third-order valence-corrected chi connectivity index (χ3v) is 2.18. The first-order valence-electron chi connectivity index (χ1n) is 4.35. The van der Waals surface area contributed by atoms with Gasteiger partial charge in [-0.2, -0.15) is 0 Å². The van der Waals surface area contributed by atoms with E-state index < -0.39 is 0 Å². The van der Waals surface area contributed by atoms with Crippen LogP contribution in [-0.2, 0) is 9.59 Å². The SMILES string of the molecule is CC(C)(C)C1=C(C=O)C=CC(=O)C1. The first kappa shape index (κ1) is 9.90. The zero-order valence-corrected chi connectivity index (χ0v) is 8.26. The third-order valence-electron chi connectivity index (χ3n) is 2.18. The highest BCUT2D eigenvalue weighted by Gasteiger charge is 2.24. The van der Waals surface area contributed by atoms with Crippen LogP contribution in [0.4, 0.5) is 0 Å². The molecule has 0 saturated heterocycles. The van der Waals surface area contributed by atoms with E-state index in [4.69, 9.17) is 0 Å². The molecule has 2 heteroatoms.